The van der Waals surface area contributed by atoms with Crippen LogP contribution in [0.1, 0.15) is 35.0 Å². The zero-order chi connectivity index (χ0) is 20.5. The van der Waals surface area contributed by atoms with Gasteiger partial charge in [-0.05, 0) is 60.2 Å². The largest absolute Gasteiger partial charge is 0.484 e. The number of ketones is 1. The third-order valence-corrected chi connectivity index (χ3v) is 4.17. The molecule has 0 unspecified atom stereocenters. The summed E-state index contributed by atoms with van der Waals surface area (Å²) >= 11 is 0. The number of pyridine rings is 1. The number of ether oxygens (including phenoxy) is 1. The van der Waals surface area contributed by atoms with E-state index in [0.717, 1.165) is 11.3 Å². The van der Waals surface area contributed by atoms with Gasteiger partial charge in [-0.3, -0.25) is 14.6 Å². The summed E-state index contributed by atoms with van der Waals surface area (Å²) in [6, 6.07) is 20.0. The number of hydrogen-bond donors (Lipinski definition) is 1. The number of nitrogens with zero attached hydrogens (tertiary/aromatic N) is 1. The highest BCUT2D eigenvalue weighted by Crippen LogP contribution is 2.15. The molecule has 0 saturated carbocycles. The minimum Gasteiger partial charge on any atom is -0.484 e. The van der Waals surface area contributed by atoms with Crippen molar-refractivity contribution in [3.8, 4) is 5.75 Å². The first kappa shape index (κ1) is 20.0. The van der Waals surface area contributed by atoms with E-state index in [1.54, 1.807) is 30.5 Å². The van der Waals surface area contributed by atoms with Crippen molar-refractivity contribution >= 4 is 29.5 Å². The summed E-state index contributed by atoms with van der Waals surface area (Å²) in [6.07, 6.45) is 6.05. The van der Waals surface area contributed by atoms with Crippen molar-refractivity contribution in [1.29, 1.82) is 0 Å². The van der Waals surface area contributed by atoms with E-state index in [1.165, 1.54) is 0 Å². The van der Waals surface area contributed by atoms with E-state index in [4.69, 9.17) is 4.74 Å². The minimum absolute atomic E-state index is 0.0753. The number of hydrogen-bond acceptors (Lipinski definition) is 4. The number of carbonyl (C=O) groups is 2. The van der Waals surface area contributed by atoms with Gasteiger partial charge in [0.2, 0.25) is 0 Å². The van der Waals surface area contributed by atoms with Crippen LogP contribution < -0.4 is 10.1 Å². The van der Waals surface area contributed by atoms with Crippen molar-refractivity contribution in [2.24, 2.45) is 0 Å². The third kappa shape index (κ3) is 6.14. The number of benzene rings is 2. The average molecular weight is 386 g/mol. The van der Waals surface area contributed by atoms with Crippen LogP contribution in [-0.2, 0) is 4.79 Å². The average Bonchev–Trinajstić information content (AvgIpc) is 2.77. The van der Waals surface area contributed by atoms with Crippen molar-refractivity contribution in [2.75, 3.05) is 11.9 Å². The van der Waals surface area contributed by atoms with E-state index >= 15 is 0 Å². The molecule has 2 aromatic carbocycles. The molecule has 0 atom stereocenters. The molecule has 3 rings (SSSR count). The second-order valence-corrected chi connectivity index (χ2v) is 6.35. The van der Waals surface area contributed by atoms with Gasteiger partial charge in [0.05, 0.1) is 5.69 Å². The first-order chi connectivity index (χ1) is 14.1. The summed E-state index contributed by atoms with van der Waals surface area (Å²) in [5.41, 5.74) is 3.14. The molecule has 1 aromatic heterocycles. The molecule has 0 fully saturated rings. The van der Waals surface area contributed by atoms with E-state index in [1.807, 2.05) is 61.5 Å². The maximum Gasteiger partial charge on any atom is 0.262 e. The molecule has 0 aliphatic rings. The molecule has 3 aromatic rings. The van der Waals surface area contributed by atoms with E-state index in [9.17, 15) is 9.59 Å². The highest BCUT2D eigenvalue weighted by molar-refractivity contribution is 5.96. The van der Waals surface area contributed by atoms with Crippen LogP contribution in [0.5, 0.6) is 5.75 Å². The molecule has 29 heavy (non-hydrogen) atoms. The lowest BCUT2D eigenvalue weighted by molar-refractivity contribution is -0.118. The van der Waals surface area contributed by atoms with Crippen LogP contribution in [0.15, 0.2) is 72.9 Å². The van der Waals surface area contributed by atoms with Crippen LogP contribution >= 0.6 is 0 Å². The number of amides is 1. The smallest absolute Gasteiger partial charge is 0.262 e. The molecule has 0 bridgehead atoms. The molecule has 0 aliphatic carbocycles. The fourth-order valence-electron chi connectivity index (χ4n) is 2.66. The quantitative estimate of drug-likeness (QED) is 0.561. The molecule has 0 radical (unpaired) electrons. The third-order valence-electron chi connectivity index (χ3n) is 4.17. The Labute approximate surface area is 170 Å². The molecule has 1 heterocycles. The van der Waals surface area contributed by atoms with Crippen LogP contribution in [-0.4, -0.2) is 23.3 Å². The van der Waals surface area contributed by atoms with Crippen molar-refractivity contribution in [1.82, 2.24) is 4.98 Å². The van der Waals surface area contributed by atoms with Crippen molar-refractivity contribution < 1.29 is 14.3 Å². The van der Waals surface area contributed by atoms with Crippen LogP contribution in [0.25, 0.3) is 12.2 Å². The highest BCUT2D eigenvalue weighted by Gasteiger charge is 2.06. The Morgan fingerprint density at radius 3 is 2.55 bits per heavy atom. The molecule has 1 amide bonds. The van der Waals surface area contributed by atoms with Gasteiger partial charge >= 0.3 is 0 Å². The molecule has 146 valence electrons. The van der Waals surface area contributed by atoms with E-state index in [0.29, 0.717) is 23.4 Å². The number of carbonyl (C=O) groups excluding carboxylic acids is 2. The fourth-order valence-corrected chi connectivity index (χ4v) is 2.66. The Balaban J connectivity index is 1.54. The van der Waals surface area contributed by atoms with Crippen molar-refractivity contribution in [3.05, 3.63) is 89.7 Å². The molecular formula is C24H22N2O3. The van der Waals surface area contributed by atoms with Gasteiger partial charge in [-0.2, -0.15) is 0 Å². The van der Waals surface area contributed by atoms with Crippen LogP contribution in [0.4, 0.5) is 5.69 Å². The van der Waals surface area contributed by atoms with Gasteiger partial charge in [0.25, 0.3) is 5.91 Å². The van der Waals surface area contributed by atoms with Gasteiger partial charge in [0.1, 0.15) is 5.75 Å². The summed E-state index contributed by atoms with van der Waals surface area (Å²) in [5.74, 6) is 0.357. The molecule has 5 heteroatoms. The Hall–Kier alpha value is -3.73. The maximum absolute atomic E-state index is 12.2. The molecule has 0 spiro atoms. The maximum atomic E-state index is 12.2. The lowest BCUT2D eigenvalue weighted by Crippen LogP contribution is -2.20. The first-order valence-corrected chi connectivity index (χ1v) is 9.39. The van der Waals surface area contributed by atoms with E-state index in [2.05, 4.69) is 10.3 Å². The summed E-state index contributed by atoms with van der Waals surface area (Å²) < 4.78 is 5.50. The normalized spacial score (nSPS) is 10.7. The lowest BCUT2D eigenvalue weighted by atomic mass is 10.1. The Bertz CT molecular complexity index is 996. The summed E-state index contributed by atoms with van der Waals surface area (Å²) in [4.78, 5) is 28.1. The standard InChI is InChI=1S/C24H22N2O3/c1-2-23(27)19-10-13-22(14-11-19)29-17-24(28)26-21-8-5-6-18(16-21)9-12-20-7-3-4-15-25-20/h3-16H,2,17H2,1H3,(H,26,28)/b12-9+. The van der Waals surface area contributed by atoms with Gasteiger partial charge in [-0.15, -0.1) is 0 Å². The number of Topliss-reactive ketones (excluding diaryl/α,β-unsaturated/α-hetero) is 1. The predicted molar refractivity (Wildman–Crippen MR) is 115 cm³/mol. The Morgan fingerprint density at radius 2 is 1.83 bits per heavy atom. The minimum atomic E-state index is -0.260. The van der Waals surface area contributed by atoms with Gasteiger partial charge in [0.15, 0.2) is 12.4 Å². The zero-order valence-electron chi connectivity index (χ0n) is 16.2. The van der Waals surface area contributed by atoms with E-state index in [-0.39, 0.29) is 18.3 Å². The molecule has 0 aliphatic heterocycles. The van der Waals surface area contributed by atoms with Crippen LogP contribution in [0.3, 0.4) is 0 Å². The zero-order valence-corrected chi connectivity index (χ0v) is 16.2. The van der Waals surface area contributed by atoms with Crippen LogP contribution in [0.2, 0.25) is 0 Å². The number of aromatic nitrogens is 1. The van der Waals surface area contributed by atoms with Crippen molar-refractivity contribution in [2.45, 2.75) is 13.3 Å². The highest BCUT2D eigenvalue weighted by atomic mass is 16.5. The number of anilines is 1. The topological polar surface area (TPSA) is 68.3 Å². The van der Waals surface area contributed by atoms with Gasteiger partial charge in [-0.1, -0.05) is 31.2 Å². The Kier molecular flexibility index (Phi) is 6.90. The molecule has 1 N–H and O–H groups in total. The van der Waals surface area contributed by atoms with Crippen LogP contribution in [0, 0.1) is 0 Å². The lowest BCUT2D eigenvalue weighted by Gasteiger charge is -2.08. The number of rotatable bonds is 8. The predicted octanol–water partition coefficient (Wildman–Crippen LogP) is 4.86. The SMILES string of the molecule is CCC(=O)c1ccc(OCC(=O)Nc2cccc(/C=C/c3ccccn3)c2)cc1. The molecule has 0 saturated heterocycles. The Morgan fingerprint density at radius 1 is 1.00 bits per heavy atom. The van der Waals surface area contributed by atoms with Gasteiger partial charge in [0, 0.05) is 23.9 Å². The number of nitrogens with one attached hydrogen (secondary N) is 1. The summed E-state index contributed by atoms with van der Waals surface area (Å²) in [5, 5.41) is 2.82. The second-order valence-electron chi connectivity index (χ2n) is 6.35. The molecule has 5 nitrogen and oxygen atoms in total. The monoisotopic (exact) mass is 386 g/mol. The van der Waals surface area contributed by atoms with Gasteiger partial charge < -0.3 is 10.1 Å². The van der Waals surface area contributed by atoms with Gasteiger partial charge in [-0.25, -0.2) is 0 Å². The summed E-state index contributed by atoms with van der Waals surface area (Å²) in [6.45, 7) is 1.70. The van der Waals surface area contributed by atoms with E-state index < -0.39 is 0 Å². The fraction of sp³-hybridized carbons (Fsp3) is 0.125. The first-order valence-electron chi connectivity index (χ1n) is 9.39. The second kappa shape index (κ2) is 9.99. The summed E-state index contributed by atoms with van der Waals surface area (Å²) in [7, 11) is 0. The van der Waals surface area contributed by atoms with Crippen molar-refractivity contribution in [3.63, 3.8) is 0 Å². The molecular weight excluding hydrogens is 364 g/mol.